The summed E-state index contributed by atoms with van der Waals surface area (Å²) in [7, 11) is 2.20. The van der Waals surface area contributed by atoms with E-state index in [9.17, 15) is 0 Å². The van der Waals surface area contributed by atoms with Crippen molar-refractivity contribution in [3.63, 3.8) is 0 Å². The molecule has 1 saturated carbocycles. The van der Waals surface area contributed by atoms with Crippen LogP contribution in [0.1, 0.15) is 38.0 Å². The summed E-state index contributed by atoms with van der Waals surface area (Å²) in [5.74, 6) is 2.03. The summed E-state index contributed by atoms with van der Waals surface area (Å²) in [6.07, 6.45) is 4.63. The lowest BCUT2D eigenvalue weighted by Crippen LogP contribution is -2.24. The highest BCUT2D eigenvalue weighted by Crippen LogP contribution is 2.29. The predicted octanol–water partition coefficient (Wildman–Crippen LogP) is 2.62. The predicted molar refractivity (Wildman–Crippen MR) is 69.7 cm³/mol. The van der Waals surface area contributed by atoms with E-state index in [4.69, 9.17) is 4.42 Å². The van der Waals surface area contributed by atoms with Crippen LogP contribution in [-0.2, 0) is 13.1 Å². The van der Waals surface area contributed by atoms with Gasteiger partial charge in [-0.3, -0.25) is 0 Å². The van der Waals surface area contributed by atoms with Gasteiger partial charge in [0.1, 0.15) is 5.76 Å². The first-order valence-electron chi connectivity index (χ1n) is 6.62. The lowest BCUT2D eigenvalue weighted by Gasteiger charge is -2.16. The van der Waals surface area contributed by atoms with Crippen molar-refractivity contribution < 1.29 is 4.42 Å². The molecule has 0 aliphatic heterocycles. The molecule has 1 aliphatic rings. The van der Waals surface area contributed by atoms with Crippen molar-refractivity contribution in [3.8, 4) is 0 Å². The minimum absolute atomic E-state index is 0.497. The highest BCUT2D eigenvalue weighted by Gasteiger charge is 2.23. The van der Waals surface area contributed by atoms with Gasteiger partial charge in [0, 0.05) is 24.7 Å². The molecule has 0 amide bonds. The van der Waals surface area contributed by atoms with E-state index < -0.39 is 0 Å². The van der Waals surface area contributed by atoms with Crippen LogP contribution in [0.4, 0.5) is 0 Å². The van der Waals surface area contributed by atoms with Gasteiger partial charge in [-0.05, 0) is 31.9 Å². The third-order valence-corrected chi connectivity index (χ3v) is 3.22. The molecule has 0 atom stereocenters. The van der Waals surface area contributed by atoms with Gasteiger partial charge in [0.05, 0.1) is 12.8 Å². The summed E-state index contributed by atoms with van der Waals surface area (Å²) in [5.41, 5.74) is 1.32. The van der Waals surface area contributed by atoms with Gasteiger partial charge in [0.2, 0.25) is 0 Å². The molecule has 17 heavy (non-hydrogen) atoms. The Morgan fingerprint density at radius 1 is 1.47 bits per heavy atom. The number of hydrogen-bond donors (Lipinski definition) is 1. The Morgan fingerprint density at radius 3 is 2.88 bits per heavy atom. The van der Waals surface area contributed by atoms with Gasteiger partial charge in [-0.2, -0.15) is 0 Å². The van der Waals surface area contributed by atoms with Crippen molar-refractivity contribution in [1.82, 2.24) is 10.2 Å². The molecule has 96 valence electrons. The van der Waals surface area contributed by atoms with Crippen LogP contribution >= 0.6 is 0 Å². The molecule has 2 rings (SSSR count). The quantitative estimate of drug-likeness (QED) is 0.789. The zero-order valence-corrected chi connectivity index (χ0v) is 11.2. The van der Waals surface area contributed by atoms with Gasteiger partial charge in [-0.1, -0.05) is 13.8 Å². The van der Waals surface area contributed by atoms with E-state index in [-0.39, 0.29) is 0 Å². The van der Waals surface area contributed by atoms with E-state index in [1.165, 1.54) is 24.9 Å². The van der Waals surface area contributed by atoms with E-state index in [1.807, 2.05) is 0 Å². The molecule has 1 fully saturated rings. The Hall–Kier alpha value is -0.800. The van der Waals surface area contributed by atoms with Crippen LogP contribution in [0.25, 0.3) is 0 Å². The van der Waals surface area contributed by atoms with Crippen molar-refractivity contribution in [2.24, 2.45) is 5.92 Å². The van der Waals surface area contributed by atoms with E-state index in [1.54, 1.807) is 6.26 Å². The minimum atomic E-state index is 0.497. The zero-order chi connectivity index (χ0) is 12.3. The van der Waals surface area contributed by atoms with Crippen molar-refractivity contribution in [3.05, 3.63) is 23.7 Å². The van der Waals surface area contributed by atoms with Crippen LogP contribution in [0.5, 0.6) is 0 Å². The lowest BCUT2D eigenvalue weighted by atomic mass is 10.2. The van der Waals surface area contributed by atoms with Crippen LogP contribution in [0.2, 0.25) is 0 Å². The van der Waals surface area contributed by atoms with Crippen LogP contribution in [-0.4, -0.2) is 24.5 Å². The van der Waals surface area contributed by atoms with Gasteiger partial charge in [0.15, 0.2) is 0 Å². The molecule has 0 unspecified atom stereocenters. The standard InChI is InChI=1S/C14H24N2O/c1-11(2)15-8-14-13(6-7-17-14)10-16(3)9-12-4-5-12/h6-7,11-12,15H,4-5,8-10H2,1-3H3. The normalized spacial score (nSPS) is 16.1. The third kappa shape index (κ3) is 4.17. The molecule has 0 spiro atoms. The summed E-state index contributed by atoms with van der Waals surface area (Å²) >= 11 is 0. The van der Waals surface area contributed by atoms with Gasteiger partial charge in [-0.15, -0.1) is 0 Å². The molecule has 0 radical (unpaired) electrons. The fourth-order valence-electron chi connectivity index (χ4n) is 2.06. The first kappa shape index (κ1) is 12.7. The smallest absolute Gasteiger partial charge is 0.122 e. The average molecular weight is 236 g/mol. The van der Waals surface area contributed by atoms with Gasteiger partial charge in [0.25, 0.3) is 0 Å². The van der Waals surface area contributed by atoms with Crippen molar-refractivity contribution in [2.45, 2.75) is 45.8 Å². The monoisotopic (exact) mass is 236 g/mol. The Bertz CT molecular complexity index is 342. The van der Waals surface area contributed by atoms with Crippen LogP contribution in [0.15, 0.2) is 16.7 Å². The number of hydrogen-bond acceptors (Lipinski definition) is 3. The average Bonchev–Trinajstić information content (AvgIpc) is 2.94. The molecule has 1 aliphatic carbocycles. The fraction of sp³-hybridized carbons (Fsp3) is 0.714. The minimum Gasteiger partial charge on any atom is -0.468 e. The topological polar surface area (TPSA) is 28.4 Å². The molecule has 0 bridgehead atoms. The maximum atomic E-state index is 5.55. The molecule has 3 nitrogen and oxygen atoms in total. The molecule has 1 aromatic heterocycles. The first-order chi connectivity index (χ1) is 8.15. The lowest BCUT2D eigenvalue weighted by molar-refractivity contribution is 0.309. The largest absolute Gasteiger partial charge is 0.468 e. The van der Waals surface area contributed by atoms with E-state index in [2.05, 4.69) is 37.2 Å². The fourth-order valence-corrected chi connectivity index (χ4v) is 2.06. The maximum absolute atomic E-state index is 5.55. The molecule has 1 N–H and O–H groups in total. The number of nitrogens with one attached hydrogen (secondary N) is 1. The molecule has 1 heterocycles. The molecule has 0 saturated heterocycles. The van der Waals surface area contributed by atoms with Crippen molar-refractivity contribution in [1.29, 1.82) is 0 Å². The second kappa shape index (κ2) is 5.69. The second-order valence-electron chi connectivity index (χ2n) is 5.54. The Morgan fingerprint density at radius 2 is 2.24 bits per heavy atom. The number of nitrogens with zero attached hydrogens (tertiary/aromatic N) is 1. The Balaban J connectivity index is 1.84. The van der Waals surface area contributed by atoms with Gasteiger partial charge < -0.3 is 14.6 Å². The van der Waals surface area contributed by atoms with E-state index >= 15 is 0 Å². The molecular formula is C14H24N2O. The highest BCUT2D eigenvalue weighted by molar-refractivity contribution is 5.16. The zero-order valence-electron chi connectivity index (χ0n) is 11.2. The van der Waals surface area contributed by atoms with Crippen LogP contribution < -0.4 is 5.32 Å². The Kier molecular flexibility index (Phi) is 4.24. The summed E-state index contributed by atoms with van der Waals surface area (Å²) in [4.78, 5) is 2.40. The summed E-state index contributed by atoms with van der Waals surface area (Å²) in [5, 5.41) is 3.40. The molecule has 0 aromatic carbocycles. The maximum Gasteiger partial charge on any atom is 0.122 e. The summed E-state index contributed by atoms with van der Waals surface area (Å²) in [6, 6.07) is 2.60. The first-order valence-corrected chi connectivity index (χ1v) is 6.62. The molecule has 1 aromatic rings. The SMILES string of the molecule is CC(C)NCc1occc1CN(C)CC1CC1. The summed E-state index contributed by atoms with van der Waals surface area (Å²) < 4.78 is 5.55. The van der Waals surface area contributed by atoms with Gasteiger partial charge in [-0.25, -0.2) is 0 Å². The van der Waals surface area contributed by atoms with E-state index in [0.717, 1.165) is 24.8 Å². The highest BCUT2D eigenvalue weighted by atomic mass is 16.3. The Labute approximate surface area is 104 Å². The number of furan rings is 1. The van der Waals surface area contributed by atoms with E-state index in [0.29, 0.717) is 6.04 Å². The second-order valence-corrected chi connectivity index (χ2v) is 5.54. The number of rotatable bonds is 7. The van der Waals surface area contributed by atoms with Gasteiger partial charge >= 0.3 is 0 Å². The summed E-state index contributed by atoms with van der Waals surface area (Å²) in [6.45, 7) is 7.37. The van der Waals surface area contributed by atoms with Crippen LogP contribution in [0.3, 0.4) is 0 Å². The molecule has 3 heteroatoms. The van der Waals surface area contributed by atoms with Crippen molar-refractivity contribution in [2.75, 3.05) is 13.6 Å². The van der Waals surface area contributed by atoms with Crippen molar-refractivity contribution >= 4 is 0 Å². The third-order valence-electron chi connectivity index (χ3n) is 3.22. The molecular weight excluding hydrogens is 212 g/mol. The van der Waals surface area contributed by atoms with Crippen LogP contribution in [0, 0.1) is 5.92 Å².